The van der Waals surface area contributed by atoms with Crippen LogP contribution in [-0.2, 0) is 9.53 Å². The smallest absolute Gasteiger partial charge is 0.305 e. The highest BCUT2D eigenvalue weighted by atomic mass is 16.5. The summed E-state index contributed by atoms with van der Waals surface area (Å²) in [6.07, 6.45) is 18.2. The van der Waals surface area contributed by atoms with Gasteiger partial charge in [-0.1, -0.05) is 67.2 Å². The second-order valence-corrected chi connectivity index (χ2v) is 13.7. The Morgan fingerprint density at radius 2 is 1.61 bits per heavy atom. The zero-order valence-electron chi connectivity index (χ0n) is 22.8. The van der Waals surface area contributed by atoms with Gasteiger partial charge in [-0.3, -0.25) is 4.79 Å². The Morgan fingerprint density at radius 1 is 0.848 bits per heavy atom. The van der Waals surface area contributed by atoms with Gasteiger partial charge < -0.3 is 4.74 Å². The molecule has 4 fully saturated rings. The molecule has 0 spiro atoms. The van der Waals surface area contributed by atoms with Crippen molar-refractivity contribution in [3.63, 3.8) is 0 Å². The van der Waals surface area contributed by atoms with Crippen molar-refractivity contribution in [2.24, 2.45) is 58.2 Å². The summed E-state index contributed by atoms with van der Waals surface area (Å²) in [4.78, 5) is 11.5. The number of hydrogen-bond acceptors (Lipinski definition) is 2. The highest BCUT2D eigenvalue weighted by molar-refractivity contribution is 5.68. The van der Waals surface area contributed by atoms with Crippen LogP contribution in [0, 0.1) is 58.2 Å². The minimum atomic E-state index is -0.0564. The van der Waals surface area contributed by atoms with Gasteiger partial charge in [0, 0.05) is 6.42 Å². The quantitative estimate of drug-likeness (QED) is 0.340. The molecule has 10 atom stereocenters. The van der Waals surface area contributed by atoms with Gasteiger partial charge in [-0.15, -0.1) is 0 Å². The van der Waals surface area contributed by atoms with Gasteiger partial charge in [0.05, 0.1) is 6.61 Å². The molecule has 0 aliphatic heterocycles. The van der Waals surface area contributed by atoms with Crippen molar-refractivity contribution in [2.45, 2.75) is 125 Å². The van der Waals surface area contributed by atoms with Gasteiger partial charge in [0.2, 0.25) is 0 Å². The molecule has 4 rings (SSSR count). The largest absolute Gasteiger partial charge is 0.465 e. The molecule has 0 saturated heterocycles. The van der Waals surface area contributed by atoms with Crippen LogP contribution in [0.4, 0.5) is 0 Å². The average Bonchev–Trinajstić information content (AvgIpc) is 3.17. The van der Waals surface area contributed by atoms with E-state index < -0.39 is 0 Å². The Kier molecular flexibility index (Phi) is 7.92. The molecule has 190 valence electrons. The lowest BCUT2D eigenvalue weighted by atomic mass is 9.44. The zero-order valence-corrected chi connectivity index (χ0v) is 22.8. The fourth-order valence-electron chi connectivity index (χ4n) is 9.77. The van der Waals surface area contributed by atoms with E-state index in [-0.39, 0.29) is 5.97 Å². The topological polar surface area (TPSA) is 26.3 Å². The number of fused-ring (bicyclic) bond motifs is 5. The lowest BCUT2D eigenvalue weighted by Gasteiger charge is -2.61. The zero-order chi connectivity index (χ0) is 23.8. The molecule has 4 saturated carbocycles. The lowest BCUT2D eigenvalue weighted by molar-refractivity contribution is -0.145. The molecule has 0 aromatic heterocycles. The van der Waals surface area contributed by atoms with Crippen LogP contribution in [0.1, 0.15) is 125 Å². The third-order valence-electron chi connectivity index (χ3n) is 12.2. The van der Waals surface area contributed by atoms with E-state index in [0.29, 0.717) is 35.7 Å². The van der Waals surface area contributed by atoms with Crippen molar-refractivity contribution in [3.8, 4) is 0 Å². The van der Waals surface area contributed by atoms with Gasteiger partial charge in [0.1, 0.15) is 0 Å². The molecule has 0 N–H and O–H groups in total. The normalized spacial score (nSPS) is 43.0. The fourth-order valence-corrected chi connectivity index (χ4v) is 9.77. The maximum Gasteiger partial charge on any atom is 0.305 e. The van der Waals surface area contributed by atoms with Crippen LogP contribution >= 0.6 is 0 Å². The first-order valence-electron chi connectivity index (χ1n) is 14.9. The van der Waals surface area contributed by atoms with Crippen molar-refractivity contribution in [3.05, 3.63) is 0 Å². The highest BCUT2D eigenvalue weighted by Gasteiger charge is 2.60. The number of rotatable bonds is 8. The molecule has 2 unspecified atom stereocenters. The summed E-state index contributed by atoms with van der Waals surface area (Å²) in [6.45, 7) is 15.1. The summed E-state index contributed by atoms with van der Waals surface area (Å²) in [5.74, 6) is 6.84. The van der Waals surface area contributed by atoms with E-state index in [1.54, 1.807) is 0 Å². The van der Waals surface area contributed by atoms with Gasteiger partial charge in [0.15, 0.2) is 0 Å². The molecule has 0 radical (unpaired) electrons. The van der Waals surface area contributed by atoms with Crippen LogP contribution in [0.5, 0.6) is 0 Å². The van der Waals surface area contributed by atoms with Gasteiger partial charge in [-0.25, -0.2) is 0 Å². The molecule has 0 aromatic carbocycles. The molecular weight excluding hydrogens is 404 g/mol. The molecule has 2 nitrogen and oxygen atoms in total. The fraction of sp³-hybridized carbons (Fsp3) is 0.968. The van der Waals surface area contributed by atoms with Crippen LogP contribution in [0.2, 0.25) is 0 Å². The first kappa shape index (κ1) is 25.6. The summed E-state index contributed by atoms with van der Waals surface area (Å²) in [5.41, 5.74) is 1.25. The summed E-state index contributed by atoms with van der Waals surface area (Å²) in [6, 6.07) is 0. The average molecular weight is 459 g/mol. The molecule has 0 bridgehead atoms. The van der Waals surface area contributed by atoms with Crippen molar-refractivity contribution in [1.82, 2.24) is 0 Å². The molecular formula is C31H54O2. The molecule has 4 aliphatic carbocycles. The Hall–Kier alpha value is -0.530. The predicted molar refractivity (Wildman–Crippen MR) is 138 cm³/mol. The third kappa shape index (κ3) is 4.80. The number of ether oxygens (including phenoxy) is 1. The standard InChI is InChI=1S/C31H54O2/c1-7-29(32)33-20-23(4)21(2)11-12-22(3)26-15-16-27-25-14-13-24-10-8-9-18-30(24,5)28(25)17-19-31(26,27)6/h21-28H,7-20H2,1-6H3/t21-,22+,23?,24?,25-,26+,27-,28-,30-,31+/m0/s1. The van der Waals surface area contributed by atoms with Crippen molar-refractivity contribution < 1.29 is 9.53 Å². The van der Waals surface area contributed by atoms with E-state index >= 15 is 0 Å². The van der Waals surface area contributed by atoms with Crippen LogP contribution in [0.3, 0.4) is 0 Å². The summed E-state index contributed by atoms with van der Waals surface area (Å²) < 4.78 is 5.42. The minimum absolute atomic E-state index is 0.0564. The van der Waals surface area contributed by atoms with Gasteiger partial charge in [-0.05, 0) is 110 Å². The first-order valence-corrected chi connectivity index (χ1v) is 14.9. The number of esters is 1. The van der Waals surface area contributed by atoms with E-state index in [9.17, 15) is 4.79 Å². The SMILES string of the molecule is CCC(=O)OCC(C)[C@@H](C)CC[C@@H](C)[C@H]1CC[C@H]2[C@@H]3CCC4CCCC[C@]4(C)[C@H]3CC[C@]12C. The van der Waals surface area contributed by atoms with Gasteiger partial charge in [0.25, 0.3) is 0 Å². The second kappa shape index (κ2) is 10.2. The number of carbonyl (C=O) groups is 1. The summed E-state index contributed by atoms with van der Waals surface area (Å²) in [5, 5.41) is 0. The van der Waals surface area contributed by atoms with E-state index in [0.717, 1.165) is 35.5 Å². The van der Waals surface area contributed by atoms with Gasteiger partial charge >= 0.3 is 5.97 Å². The van der Waals surface area contributed by atoms with E-state index in [1.807, 2.05) is 6.92 Å². The Balaban J connectivity index is 1.34. The minimum Gasteiger partial charge on any atom is -0.465 e. The predicted octanol–water partition coefficient (Wildman–Crippen LogP) is 8.68. The molecule has 0 aromatic rings. The van der Waals surface area contributed by atoms with E-state index in [1.165, 1.54) is 77.0 Å². The second-order valence-electron chi connectivity index (χ2n) is 13.7. The van der Waals surface area contributed by atoms with Crippen LogP contribution in [-0.4, -0.2) is 12.6 Å². The number of carbonyl (C=O) groups excluding carboxylic acids is 1. The Morgan fingerprint density at radius 3 is 2.36 bits per heavy atom. The third-order valence-corrected chi connectivity index (χ3v) is 12.2. The lowest BCUT2D eigenvalue weighted by Crippen LogP contribution is -2.53. The molecule has 4 aliphatic rings. The van der Waals surface area contributed by atoms with Crippen molar-refractivity contribution >= 4 is 5.97 Å². The maximum atomic E-state index is 11.5. The Labute approximate surface area is 205 Å². The summed E-state index contributed by atoms with van der Waals surface area (Å²) in [7, 11) is 0. The first-order chi connectivity index (χ1) is 15.7. The molecule has 0 amide bonds. The van der Waals surface area contributed by atoms with E-state index in [4.69, 9.17) is 4.74 Å². The Bertz CT molecular complexity index is 672. The van der Waals surface area contributed by atoms with Crippen molar-refractivity contribution in [2.75, 3.05) is 6.61 Å². The van der Waals surface area contributed by atoms with Crippen LogP contribution < -0.4 is 0 Å². The van der Waals surface area contributed by atoms with E-state index in [2.05, 4.69) is 34.6 Å². The van der Waals surface area contributed by atoms with Gasteiger partial charge in [-0.2, -0.15) is 0 Å². The summed E-state index contributed by atoms with van der Waals surface area (Å²) >= 11 is 0. The maximum absolute atomic E-state index is 11.5. The highest BCUT2D eigenvalue weighted by Crippen LogP contribution is 2.68. The molecule has 33 heavy (non-hydrogen) atoms. The number of hydrogen-bond donors (Lipinski definition) is 0. The molecule has 0 heterocycles. The van der Waals surface area contributed by atoms with Crippen LogP contribution in [0.15, 0.2) is 0 Å². The monoisotopic (exact) mass is 458 g/mol. The van der Waals surface area contributed by atoms with Crippen LogP contribution in [0.25, 0.3) is 0 Å². The van der Waals surface area contributed by atoms with Crippen molar-refractivity contribution in [1.29, 1.82) is 0 Å². The molecule has 2 heteroatoms.